The molecule has 2 heterocycles. The number of aliphatic hydroxyl groups excluding tert-OH is 1. The average molecular weight is 237 g/mol. The first-order valence-corrected chi connectivity index (χ1v) is 6.03. The molecule has 0 aromatic carbocycles. The summed E-state index contributed by atoms with van der Waals surface area (Å²) in [4.78, 5) is 14.0. The Morgan fingerprint density at radius 3 is 2.76 bits per heavy atom. The number of carbonyl (C=O) groups excluding carboxylic acids is 1. The molecule has 2 unspecified atom stereocenters. The number of nitrogens with zero attached hydrogens (tertiary/aromatic N) is 1. The molecular formula is C13H19NO3. The molecule has 94 valence electrons. The smallest absolute Gasteiger partial charge is 0.289 e. The highest BCUT2D eigenvalue weighted by molar-refractivity contribution is 5.93. The summed E-state index contributed by atoms with van der Waals surface area (Å²) in [7, 11) is 0. The van der Waals surface area contributed by atoms with E-state index in [1.54, 1.807) is 11.8 Å². The quantitative estimate of drug-likeness (QED) is 0.852. The summed E-state index contributed by atoms with van der Waals surface area (Å²) < 4.78 is 5.43. The SMILES string of the molecule is Cc1cc(C)c(C(=O)N2CCC(C(C)O)C2)o1. The molecule has 1 N–H and O–H groups in total. The average Bonchev–Trinajstić information content (AvgIpc) is 2.84. The van der Waals surface area contributed by atoms with Gasteiger partial charge in [-0.15, -0.1) is 0 Å². The van der Waals surface area contributed by atoms with Crippen LogP contribution in [0.1, 0.15) is 35.2 Å². The number of hydrogen-bond acceptors (Lipinski definition) is 3. The van der Waals surface area contributed by atoms with Crippen LogP contribution in [0.3, 0.4) is 0 Å². The largest absolute Gasteiger partial charge is 0.456 e. The van der Waals surface area contributed by atoms with E-state index in [9.17, 15) is 9.90 Å². The minimum absolute atomic E-state index is 0.0567. The fourth-order valence-corrected chi connectivity index (χ4v) is 2.36. The molecule has 1 aliphatic rings. The molecule has 1 aliphatic heterocycles. The van der Waals surface area contributed by atoms with Gasteiger partial charge in [0.1, 0.15) is 5.76 Å². The van der Waals surface area contributed by atoms with Gasteiger partial charge in [0.05, 0.1) is 6.10 Å². The topological polar surface area (TPSA) is 53.7 Å². The van der Waals surface area contributed by atoms with Crippen molar-refractivity contribution in [1.29, 1.82) is 0 Å². The van der Waals surface area contributed by atoms with Crippen LogP contribution in [-0.4, -0.2) is 35.1 Å². The molecule has 0 spiro atoms. The van der Waals surface area contributed by atoms with Crippen LogP contribution in [0.15, 0.2) is 10.5 Å². The van der Waals surface area contributed by atoms with Crippen molar-refractivity contribution in [1.82, 2.24) is 4.90 Å². The van der Waals surface area contributed by atoms with Crippen molar-refractivity contribution in [3.63, 3.8) is 0 Å². The molecular weight excluding hydrogens is 218 g/mol. The molecule has 1 aromatic heterocycles. The van der Waals surface area contributed by atoms with Crippen molar-refractivity contribution in [2.24, 2.45) is 5.92 Å². The molecule has 0 saturated carbocycles. The molecule has 2 atom stereocenters. The minimum Gasteiger partial charge on any atom is -0.456 e. The number of amides is 1. The zero-order valence-corrected chi connectivity index (χ0v) is 10.6. The fourth-order valence-electron chi connectivity index (χ4n) is 2.36. The van der Waals surface area contributed by atoms with Crippen LogP contribution in [0.2, 0.25) is 0 Å². The summed E-state index contributed by atoms with van der Waals surface area (Å²) in [5.74, 6) is 1.33. The Bertz CT molecular complexity index is 422. The highest BCUT2D eigenvalue weighted by atomic mass is 16.4. The van der Waals surface area contributed by atoms with Gasteiger partial charge < -0.3 is 14.4 Å². The Kier molecular flexibility index (Phi) is 3.24. The van der Waals surface area contributed by atoms with Gasteiger partial charge in [-0.25, -0.2) is 0 Å². The van der Waals surface area contributed by atoms with Crippen molar-refractivity contribution in [2.45, 2.75) is 33.3 Å². The van der Waals surface area contributed by atoms with E-state index >= 15 is 0 Å². The highest BCUT2D eigenvalue weighted by Gasteiger charge is 2.31. The standard InChI is InChI=1S/C13H19NO3/c1-8-6-9(2)17-12(8)13(16)14-5-4-11(7-14)10(3)15/h6,10-11,15H,4-5,7H2,1-3H3. The van der Waals surface area contributed by atoms with Crippen LogP contribution < -0.4 is 0 Å². The molecule has 4 heteroatoms. The maximum atomic E-state index is 12.2. The molecule has 1 saturated heterocycles. The van der Waals surface area contributed by atoms with Gasteiger partial charge in [-0.3, -0.25) is 4.79 Å². The summed E-state index contributed by atoms with van der Waals surface area (Å²) in [6, 6.07) is 1.87. The predicted molar refractivity (Wildman–Crippen MR) is 63.9 cm³/mol. The number of likely N-dealkylation sites (tertiary alicyclic amines) is 1. The molecule has 0 aliphatic carbocycles. The Morgan fingerprint density at radius 1 is 1.59 bits per heavy atom. The lowest BCUT2D eigenvalue weighted by Gasteiger charge is -2.16. The van der Waals surface area contributed by atoms with Crippen molar-refractivity contribution >= 4 is 5.91 Å². The normalized spacial score (nSPS) is 21.9. The van der Waals surface area contributed by atoms with Crippen molar-refractivity contribution in [3.8, 4) is 0 Å². The highest BCUT2D eigenvalue weighted by Crippen LogP contribution is 2.23. The first-order valence-electron chi connectivity index (χ1n) is 6.03. The second kappa shape index (κ2) is 4.53. The molecule has 0 bridgehead atoms. The van der Waals surface area contributed by atoms with Crippen LogP contribution in [-0.2, 0) is 0 Å². The van der Waals surface area contributed by atoms with E-state index in [1.807, 2.05) is 19.9 Å². The first-order chi connectivity index (χ1) is 7.99. The van der Waals surface area contributed by atoms with E-state index in [2.05, 4.69) is 0 Å². The first kappa shape index (κ1) is 12.2. The Hall–Kier alpha value is -1.29. The van der Waals surface area contributed by atoms with Crippen LogP contribution in [0, 0.1) is 19.8 Å². The maximum Gasteiger partial charge on any atom is 0.289 e. The fraction of sp³-hybridized carbons (Fsp3) is 0.615. The number of carbonyl (C=O) groups is 1. The molecule has 1 amide bonds. The van der Waals surface area contributed by atoms with Gasteiger partial charge in [0.2, 0.25) is 0 Å². The molecule has 1 aromatic rings. The number of aliphatic hydroxyl groups is 1. The lowest BCUT2D eigenvalue weighted by atomic mass is 10.0. The van der Waals surface area contributed by atoms with Gasteiger partial charge in [0.15, 0.2) is 5.76 Å². The Balaban J connectivity index is 2.09. The molecule has 4 nitrogen and oxygen atoms in total. The Labute approximate surface area is 101 Å². The number of furan rings is 1. The van der Waals surface area contributed by atoms with Gasteiger partial charge in [-0.1, -0.05) is 0 Å². The third-order valence-electron chi connectivity index (χ3n) is 3.43. The van der Waals surface area contributed by atoms with Gasteiger partial charge in [-0.05, 0) is 33.3 Å². The predicted octanol–water partition coefficient (Wildman–Crippen LogP) is 1.74. The zero-order chi connectivity index (χ0) is 12.6. The third-order valence-corrected chi connectivity index (χ3v) is 3.43. The second-order valence-electron chi connectivity index (χ2n) is 4.91. The van der Waals surface area contributed by atoms with E-state index in [4.69, 9.17) is 4.42 Å². The van der Waals surface area contributed by atoms with Gasteiger partial charge in [0, 0.05) is 24.6 Å². The Morgan fingerprint density at radius 2 is 2.29 bits per heavy atom. The van der Waals surface area contributed by atoms with Crippen LogP contribution >= 0.6 is 0 Å². The summed E-state index contributed by atoms with van der Waals surface area (Å²) >= 11 is 0. The zero-order valence-electron chi connectivity index (χ0n) is 10.6. The number of hydrogen-bond donors (Lipinski definition) is 1. The van der Waals surface area contributed by atoms with Crippen molar-refractivity contribution in [2.75, 3.05) is 13.1 Å². The van der Waals surface area contributed by atoms with Crippen molar-refractivity contribution < 1.29 is 14.3 Å². The number of rotatable bonds is 2. The summed E-state index contributed by atoms with van der Waals surface area (Å²) in [6.07, 6.45) is 0.509. The lowest BCUT2D eigenvalue weighted by Crippen LogP contribution is -2.30. The van der Waals surface area contributed by atoms with Gasteiger partial charge in [0.25, 0.3) is 5.91 Å². The summed E-state index contributed by atoms with van der Waals surface area (Å²) in [6.45, 7) is 6.82. The number of aryl methyl sites for hydroxylation is 2. The van der Waals surface area contributed by atoms with E-state index in [-0.39, 0.29) is 17.9 Å². The monoisotopic (exact) mass is 237 g/mol. The van der Waals surface area contributed by atoms with E-state index < -0.39 is 0 Å². The molecule has 0 radical (unpaired) electrons. The van der Waals surface area contributed by atoms with Crippen LogP contribution in [0.25, 0.3) is 0 Å². The summed E-state index contributed by atoms with van der Waals surface area (Å²) in [5, 5.41) is 9.52. The summed E-state index contributed by atoms with van der Waals surface area (Å²) in [5.41, 5.74) is 0.882. The van der Waals surface area contributed by atoms with E-state index in [0.717, 1.165) is 17.7 Å². The van der Waals surface area contributed by atoms with E-state index in [1.165, 1.54) is 0 Å². The third kappa shape index (κ3) is 2.36. The lowest BCUT2D eigenvalue weighted by molar-refractivity contribution is 0.0729. The molecule has 1 fully saturated rings. The molecule has 2 rings (SSSR count). The minimum atomic E-state index is -0.354. The van der Waals surface area contributed by atoms with Gasteiger partial charge >= 0.3 is 0 Å². The molecule has 17 heavy (non-hydrogen) atoms. The maximum absolute atomic E-state index is 12.2. The van der Waals surface area contributed by atoms with Crippen molar-refractivity contribution in [3.05, 3.63) is 23.2 Å². The second-order valence-corrected chi connectivity index (χ2v) is 4.91. The van der Waals surface area contributed by atoms with E-state index in [0.29, 0.717) is 18.8 Å². The van der Waals surface area contributed by atoms with Crippen LogP contribution in [0.4, 0.5) is 0 Å². The van der Waals surface area contributed by atoms with Crippen LogP contribution in [0.5, 0.6) is 0 Å². The van der Waals surface area contributed by atoms with Gasteiger partial charge in [-0.2, -0.15) is 0 Å².